The quantitative estimate of drug-likeness (QED) is 0.888. The highest BCUT2D eigenvalue weighted by atomic mass is 16.5. The molecule has 0 spiro atoms. The van der Waals surface area contributed by atoms with Gasteiger partial charge in [-0.25, -0.2) is 0 Å². The van der Waals surface area contributed by atoms with E-state index in [4.69, 9.17) is 4.74 Å². The second kappa shape index (κ2) is 5.14. The van der Waals surface area contributed by atoms with Crippen molar-refractivity contribution in [3.8, 4) is 5.75 Å². The molecule has 1 N–H and O–H groups in total. The molecule has 19 heavy (non-hydrogen) atoms. The van der Waals surface area contributed by atoms with E-state index in [1.54, 1.807) is 7.11 Å². The lowest BCUT2D eigenvalue weighted by molar-refractivity contribution is 0.0322. The van der Waals surface area contributed by atoms with Crippen molar-refractivity contribution in [3.63, 3.8) is 0 Å². The van der Waals surface area contributed by atoms with Crippen LogP contribution < -0.4 is 4.74 Å². The average Bonchev–Trinajstić information content (AvgIpc) is 2.85. The summed E-state index contributed by atoms with van der Waals surface area (Å²) in [6.07, 6.45) is 4.26. The summed E-state index contributed by atoms with van der Waals surface area (Å²) < 4.78 is 5.29. The topological polar surface area (TPSA) is 32.7 Å². The van der Waals surface area contributed by atoms with Crippen LogP contribution in [0.25, 0.3) is 0 Å². The van der Waals surface area contributed by atoms with Gasteiger partial charge in [0, 0.05) is 12.1 Å². The Morgan fingerprint density at radius 1 is 1.32 bits per heavy atom. The van der Waals surface area contributed by atoms with Gasteiger partial charge < -0.3 is 9.84 Å². The number of methoxy groups -OCH3 is 1. The first-order chi connectivity index (χ1) is 9.20. The van der Waals surface area contributed by atoms with E-state index in [9.17, 15) is 5.11 Å². The van der Waals surface area contributed by atoms with Gasteiger partial charge in [0.25, 0.3) is 0 Å². The third-order valence-corrected chi connectivity index (χ3v) is 4.78. The molecule has 104 valence electrons. The van der Waals surface area contributed by atoms with Crippen LogP contribution in [0.4, 0.5) is 0 Å². The summed E-state index contributed by atoms with van der Waals surface area (Å²) in [7, 11) is 1.68. The number of aryl methyl sites for hydroxylation is 1. The number of ether oxygens (including phenoxy) is 1. The van der Waals surface area contributed by atoms with Gasteiger partial charge in [-0.2, -0.15) is 0 Å². The number of likely N-dealkylation sites (tertiary alicyclic amines) is 1. The van der Waals surface area contributed by atoms with E-state index in [-0.39, 0.29) is 12.1 Å². The molecular weight excluding hydrogens is 238 g/mol. The maximum atomic E-state index is 10.7. The molecular formula is C16H23NO2. The first-order valence-electron chi connectivity index (χ1n) is 7.31. The molecule has 2 aliphatic rings. The van der Waals surface area contributed by atoms with Gasteiger partial charge in [0.15, 0.2) is 0 Å². The number of benzene rings is 1. The Bertz CT molecular complexity index is 460. The molecule has 1 aromatic carbocycles. The van der Waals surface area contributed by atoms with Gasteiger partial charge in [0.05, 0.1) is 13.2 Å². The Kier molecular flexibility index (Phi) is 3.50. The maximum absolute atomic E-state index is 10.7. The number of fused-ring (bicyclic) bond motifs is 1. The van der Waals surface area contributed by atoms with Crippen LogP contribution in [0.15, 0.2) is 18.2 Å². The maximum Gasteiger partial charge on any atom is 0.119 e. The lowest BCUT2D eigenvalue weighted by Crippen LogP contribution is -2.43. The molecule has 1 aliphatic carbocycles. The highest BCUT2D eigenvalue weighted by Crippen LogP contribution is 2.37. The number of aliphatic hydroxyl groups is 1. The fourth-order valence-corrected chi connectivity index (χ4v) is 3.67. The van der Waals surface area contributed by atoms with Crippen LogP contribution in [0.5, 0.6) is 5.75 Å². The second-order valence-corrected chi connectivity index (χ2v) is 5.84. The van der Waals surface area contributed by atoms with Crippen LogP contribution in [0.3, 0.4) is 0 Å². The zero-order valence-electron chi connectivity index (χ0n) is 11.8. The molecule has 3 atom stereocenters. The fraction of sp³-hybridized carbons (Fsp3) is 0.625. The molecule has 0 aromatic heterocycles. The molecule has 1 aliphatic heterocycles. The zero-order chi connectivity index (χ0) is 13.4. The minimum absolute atomic E-state index is 0.275. The van der Waals surface area contributed by atoms with Gasteiger partial charge in [0.1, 0.15) is 5.75 Å². The number of hydrogen-bond acceptors (Lipinski definition) is 3. The molecule has 3 heteroatoms. The molecule has 0 bridgehead atoms. The fourth-order valence-electron chi connectivity index (χ4n) is 3.67. The molecule has 1 heterocycles. The SMILES string of the molecule is COc1ccc2c(c1)C(O)C(N1CCCC1C)CC2. The summed E-state index contributed by atoms with van der Waals surface area (Å²) in [5.41, 5.74) is 2.34. The van der Waals surface area contributed by atoms with Crippen molar-refractivity contribution in [2.75, 3.05) is 13.7 Å². The predicted octanol–water partition coefficient (Wildman–Crippen LogP) is 2.53. The van der Waals surface area contributed by atoms with Gasteiger partial charge in [0.2, 0.25) is 0 Å². The lowest BCUT2D eigenvalue weighted by Gasteiger charge is -2.38. The Balaban J connectivity index is 1.88. The van der Waals surface area contributed by atoms with Crippen LogP contribution in [0.1, 0.15) is 43.4 Å². The Hall–Kier alpha value is -1.06. The molecule has 1 aromatic rings. The molecule has 1 saturated heterocycles. The number of hydrogen-bond donors (Lipinski definition) is 1. The van der Waals surface area contributed by atoms with Crippen LogP contribution in [-0.2, 0) is 6.42 Å². The highest BCUT2D eigenvalue weighted by Gasteiger charge is 2.36. The van der Waals surface area contributed by atoms with Crippen LogP contribution >= 0.6 is 0 Å². The molecule has 0 saturated carbocycles. The van der Waals surface area contributed by atoms with Crippen molar-refractivity contribution < 1.29 is 9.84 Å². The molecule has 3 unspecified atom stereocenters. The Morgan fingerprint density at radius 2 is 2.16 bits per heavy atom. The van der Waals surface area contributed by atoms with E-state index in [0.29, 0.717) is 6.04 Å². The number of rotatable bonds is 2. The first-order valence-corrected chi connectivity index (χ1v) is 7.31. The van der Waals surface area contributed by atoms with E-state index in [1.165, 1.54) is 18.4 Å². The zero-order valence-corrected chi connectivity index (χ0v) is 11.8. The third-order valence-electron chi connectivity index (χ3n) is 4.78. The smallest absolute Gasteiger partial charge is 0.119 e. The number of nitrogens with zero attached hydrogens (tertiary/aromatic N) is 1. The van der Waals surface area contributed by atoms with E-state index in [2.05, 4.69) is 17.9 Å². The molecule has 0 amide bonds. The van der Waals surface area contributed by atoms with Gasteiger partial charge in [-0.3, -0.25) is 4.90 Å². The molecule has 1 fully saturated rings. The van der Waals surface area contributed by atoms with Crippen LogP contribution in [-0.4, -0.2) is 35.7 Å². The average molecular weight is 261 g/mol. The van der Waals surface area contributed by atoms with Crippen molar-refractivity contribution in [1.82, 2.24) is 4.90 Å². The predicted molar refractivity (Wildman–Crippen MR) is 75.5 cm³/mol. The standard InChI is InChI=1S/C16H23NO2/c1-11-4-3-9-17(11)15-8-6-12-5-7-13(19-2)10-14(12)16(15)18/h5,7,10-11,15-16,18H,3-4,6,8-9H2,1-2H3. The summed E-state index contributed by atoms with van der Waals surface area (Å²) >= 11 is 0. The summed E-state index contributed by atoms with van der Waals surface area (Å²) in [6, 6.07) is 6.97. The van der Waals surface area contributed by atoms with Crippen molar-refractivity contribution in [3.05, 3.63) is 29.3 Å². The molecule has 3 nitrogen and oxygen atoms in total. The largest absolute Gasteiger partial charge is 0.497 e. The van der Waals surface area contributed by atoms with Crippen LogP contribution in [0, 0.1) is 0 Å². The Morgan fingerprint density at radius 3 is 2.84 bits per heavy atom. The summed E-state index contributed by atoms with van der Waals surface area (Å²) in [4.78, 5) is 2.49. The summed E-state index contributed by atoms with van der Waals surface area (Å²) in [5.74, 6) is 0.841. The van der Waals surface area contributed by atoms with E-state index in [1.807, 2.05) is 12.1 Å². The van der Waals surface area contributed by atoms with Crippen molar-refractivity contribution >= 4 is 0 Å². The van der Waals surface area contributed by atoms with E-state index in [0.717, 1.165) is 30.7 Å². The minimum atomic E-state index is -0.376. The third kappa shape index (κ3) is 2.26. The highest BCUT2D eigenvalue weighted by molar-refractivity contribution is 5.39. The minimum Gasteiger partial charge on any atom is -0.497 e. The van der Waals surface area contributed by atoms with Crippen LogP contribution in [0.2, 0.25) is 0 Å². The lowest BCUT2D eigenvalue weighted by atomic mass is 9.84. The monoisotopic (exact) mass is 261 g/mol. The van der Waals surface area contributed by atoms with Crippen molar-refractivity contribution in [1.29, 1.82) is 0 Å². The molecule has 3 rings (SSSR count). The Labute approximate surface area is 115 Å². The van der Waals surface area contributed by atoms with Gasteiger partial charge in [-0.1, -0.05) is 6.07 Å². The van der Waals surface area contributed by atoms with E-state index >= 15 is 0 Å². The van der Waals surface area contributed by atoms with Gasteiger partial charge in [-0.05, 0) is 62.4 Å². The van der Waals surface area contributed by atoms with Gasteiger partial charge >= 0.3 is 0 Å². The summed E-state index contributed by atoms with van der Waals surface area (Å²) in [6.45, 7) is 3.41. The normalized spacial score (nSPS) is 31.2. The first kappa shape index (κ1) is 12.9. The van der Waals surface area contributed by atoms with Gasteiger partial charge in [-0.15, -0.1) is 0 Å². The molecule has 0 radical (unpaired) electrons. The van der Waals surface area contributed by atoms with Crippen molar-refractivity contribution in [2.45, 2.75) is 50.8 Å². The second-order valence-electron chi connectivity index (χ2n) is 5.84. The summed E-state index contributed by atoms with van der Waals surface area (Å²) in [5, 5.41) is 10.7. The van der Waals surface area contributed by atoms with Crippen molar-refractivity contribution in [2.24, 2.45) is 0 Å². The van der Waals surface area contributed by atoms with E-state index < -0.39 is 0 Å². The number of aliphatic hydroxyl groups excluding tert-OH is 1.